The molecule has 0 aromatic heterocycles. The number of carbonyl (C=O) groups excluding carboxylic acids is 2. The first-order chi connectivity index (χ1) is 15.0. The number of nitrogens with one attached hydrogen (secondary N) is 1. The summed E-state index contributed by atoms with van der Waals surface area (Å²) in [5, 5.41) is 2.46. The Bertz CT molecular complexity index is 1080. The first-order valence-electron chi connectivity index (χ1n) is 9.48. The second-order valence-corrected chi connectivity index (χ2v) is 9.91. The molecule has 0 spiro atoms. The molecule has 0 radical (unpaired) electrons. The maximum absolute atomic E-state index is 12.6. The zero-order valence-corrected chi connectivity index (χ0v) is 18.2. The zero-order chi connectivity index (χ0) is 23.4. The monoisotopic (exact) mass is 488 g/mol. The van der Waals surface area contributed by atoms with Crippen molar-refractivity contribution in [2.75, 3.05) is 25.0 Å². The second-order valence-electron chi connectivity index (χ2n) is 6.84. The van der Waals surface area contributed by atoms with Gasteiger partial charge in [0, 0.05) is 23.7 Å². The van der Waals surface area contributed by atoms with Gasteiger partial charge in [0.2, 0.25) is 10.0 Å². The molecular formula is C20H19F3N2O5S2. The van der Waals surface area contributed by atoms with Crippen molar-refractivity contribution in [1.29, 1.82) is 0 Å². The lowest BCUT2D eigenvalue weighted by Crippen LogP contribution is -2.28. The van der Waals surface area contributed by atoms with Crippen LogP contribution in [0.15, 0.2) is 58.3 Å². The fraction of sp³-hybridized carbons (Fsp3) is 0.300. The zero-order valence-electron chi connectivity index (χ0n) is 16.6. The second kappa shape index (κ2) is 9.92. The standard InChI is InChI=1S/C20H19F3N2O5S2/c21-20(22,23)31-16-8-6-14(7-9-16)19(27)30-13-18(26)24-15-4-3-5-17(12-15)32(28,29)25-10-1-2-11-25/h3-9,12H,1-2,10-11,13H2,(H,24,26). The van der Waals surface area contributed by atoms with E-state index in [0.29, 0.717) is 13.1 Å². The van der Waals surface area contributed by atoms with Gasteiger partial charge in [-0.1, -0.05) is 6.07 Å². The molecule has 1 fully saturated rings. The average molecular weight is 489 g/mol. The summed E-state index contributed by atoms with van der Waals surface area (Å²) in [5.41, 5.74) is -4.23. The van der Waals surface area contributed by atoms with Gasteiger partial charge in [-0.2, -0.15) is 17.5 Å². The molecule has 1 saturated heterocycles. The SMILES string of the molecule is O=C(COC(=O)c1ccc(SC(F)(F)F)cc1)Nc1cccc(S(=O)(=O)N2CCCC2)c1. The Morgan fingerprint density at radius 3 is 2.34 bits per heavy atom. The molecule has 3 rings (SSSR count). The summed E-state index contributed by atoms with van der Waals surface area (Å²) in [5.74, 6) is -1.58. The van der Waals surface area contributed by atoms with Crippen molar-refractivity contribution in [2.24, 2.45) is 0 Å². The molecule has 172 valence electrons. The molecule has 0 saturated carbocycles. The van der Waals surface area contributed by atoms with Crippen LogP contribution >= 0.6 is 11.8 Å². The first kappa shape index (κ1) is 24.1. The molecule has 7 nitrogen and oxygen atoms in total. The van der Waals surface area contributed by atoms with Crippen molar-refractivity contribution >= 4 is 39.3 Å². The number of nitrogens with zero attached hydrogens (tertiary/aromatic N) is 1. The van der Waals surface area contributed by atoms with Crippen LogP contribution in [0.3, 0.4) is 0 Å². The van der Waals surface area contributed by atoms with E-state index in [1.807, 2.05) is 0 Å². The Kier molecular flexibility index (Phi) is 7.47. The normalized spacial score (nSPS) is 14.8. The third kappa shape index (κ3) is 6.47. The van der Waals surface area contributed by atoms with Crippen LogP contribution in [-0.2, 0) is 19.6 Å². The van der Waals surface area contributed by atoms with E-state index in [9.17, 15) is 31.2 Å². The Hall–Kier alpha value is -2.57. The number of benzene rings is 2. The van der Waals surface area contributed by atoms with Gasteiger partial charge < -0.3 is 10.1 Å². The number of esters is 1. The van der Waals surface area contributed by atoms with Crippen LogP contribution in [0.25, 0.3) is 0 Å². The molecule has 32 heavy (non-hydrogen) atoms. The van der Waals surface area contributed by atoms with E-state index >= 15 is 0 Å². The Balaban J connectivity index is 1.55. The number of alkyl halides is 3. The maximum atomic E-state index is 12.6. The minimum Gasteiger partial charge on any atom is -0.452 e. The third-order valence-corrected chi connectivity index (χ3v) is 7.11. The van der Waals surface area contributed by atoms with Gasteiger partial charge in [0.1, 0.15) is 0 Å². The molecule has 0 atom stereocenters. The minimum atomic E-state index is -4.44. The highest BCUT2D eigenvalue weighted by atomic mass is 32.2. The molecule has 2 aromatic rings. The molecule has 0 bridgehead atoms. The summed E-state index contributed by atoms with van der Waals surface area (Å²) in [4.78, 5) is 24.1. The number of halogens is 3. The topological polar surface area (TPSA) is 92.8 Å². The van der Waals surface area contributed by atoms with Crippen LogP contribution in [0.5, 0.6) is 0 Å². The van der Waals surface area contributed by atoms with Crippen LogP contribution in [0.2, 0.25) is 0 Å². The summed E-state index contributed by atoms with van der Waals surface area (Å²) in [6.45, 7) is 0.247. The van der Waals surface area contributed by atoms with E-state index in [1.54, 1.807) is 0 Å². The predicted octanol–water partition coefficient (Wildman–Crippen LogP) is 3.88. The molecule has 2 aromatic carbocycles. The number of rotatable bonds is 7. The van der Waals surface area contributed by atoms with E-state index < -0.39 is 34.0 Å². The number of sulfonamides is 1. The molecule has 1 amide bonds. The van der Waals surface area contributed by atoms with Crippen molar-refractivity contribution in [3.8, 4) is 0 Å². The van der Waals surface area contributed by atoms with E-state index in [4.69, 9.17) is 4.74 Å². The number of amides is 1. The van der Waals surface area contributed by atoms with E-state index in [0.717, 1.165) is 25.0 Å². The van der Waals surface area contributed by atoms with Gasteiger partial charge in [-0.05, 0) is 67.1 Å². The number of anilines is 1. The molecule has 12 heteroatoms. The van der Waals surface area contributed by atoms with Crippen molar-refractivity contribution < 1.29 is 35.9 Å². The predicted molar refractivity (Wildman–Crippen MR) is 112 cm³/mol. The summed E-state index contributed by atoms with van der Waals surface area (Å²) in [6, 6.07) is 10.3. The van der Waals surface area contributed by atoms with Gasteiger partial charge in [0.25, 0.3) is 5.91 Å². The number of carbonyl (C=O) groups is 2. The van der Waals surface area contributed by atoms with Gasteiger partial charge >= 0.3 is 11.5 Å². The lowest BCUT2D eigenvalue weighted by atomic mass is 10.2. The van der Waals surface area contributed by atoms with Crippen molar-refractivity contribution in [3.05, 3.63) is 54.1 Å². The number of hydrogen-bond donors (Lipinski definition) is 1. The van der Waals surface area contributed by atoms with Crippen LogP contribution < -0.4 is 5.32 Å². The van der Waals surface area contributed by atoms with Gasteiger partial charge in [0.15, 0.2) is 6.61 Å². The highest BCUT2D eigenvalue weighted by Crippen LogP contribution is 2.36. The Morgan fingerprint density at radius 1 is 1.06 bits per heavy atom. The van der Waals surface area contributed by atoms with Crippen LogP contribution in [-0.4, -0.2) is 49.8 Å². The van der Waals surface area contributed by atoms with E-state index in [1.165, 1.54) is 40.7 Å². The maximum Gasteiger partial charge on any atom is 0.446 e. The fourth-order valence-corrected chi connectivity index (χ4v) is 5.12. The number of thioether (sulfide) groups is 1. The summed E-state index contributed by atoms with van der Waals surface area (Å²) >= 11 is -0.311. The summed E-state index contributed by atoms with van der Waals surface area (Å²) < 4.78 is 68.6. The van der Waals surface area contributed by atoms with Crippen molar-refractivity contribution in [1.82, 2.24) is 4.31 Å². The van der Waals surface area contributed by atoms with E-state index in [2.05, 4.69) is 5.32 Å². The molecule has 1 aliphatic rings. The Labute approximate surface area is 187 Å². The smallest absolute Gasteiger partial charge is 0.446 e. The van der Waals surface area contributed by atoms with Crippen molar-refractivity contribution in [3.63, 3.8) is 0 Å². The third-order valence-electron chi connectivity index (χ3n) is 4.48. The number of ether oxygens (including phenoxy) is 1. The lowest BCUT2D eigenvalue weighted by Gasteiger charge is -2.16. The fourth-order valence-electron chi connectivity index (χ4n) is 3.02. The molecular weight excluding hydrogens is 469 g/mol. The van der Waals surface area contributed by atoms with Crippen LogP contribution in [0.4, 0.5) is 18.9 Å². The minimum absolute atomic E-state index is 0.0111. The first-order valence-corrected chi connectivity index (χ1v) is 11.7. The highest BCUT2D eigenvalue weighted by Gasteiger charge is 2.29. The summed E-state index contributed by atoms with van der Waals surface area (Å²) in [6.07, 6.45) is 1.59. The summed E-state index contributed by atoms with van der Waals surface area (Å²) in [7, 11) is -3.65. The molecule has 1 aliphatic heterocycles. The van der Waals surface area contributed by atoms with Gasteiger partial charge in [0.05, 0.1) is 10.5 Å². The number of hydrogen-bond acceptors (Lipinski definition) is 6. The van der Waals surface area contributed by atoms with Gasteiger partial charge in [-0.15, -0.1) is 0 Å². The molecule has 0 unspecified atom stereocenters. The molecule has 1 N–H and O–H groups in total. The Morgan fingerprint density at radius 2 is 1.72 bits per heavy atom. The molecule has 0 aliphatic carbocycles. The van der Waals surface area contributed by atoms with Crippen molar-refractivity contribution in [2.45, 2.75) is 28.1 Å². The van der Waals surface area contributed by atoms with Gasteiger partial charge in [-0.25, -0.2) is 13.2 Å². The van der Waals surface area contributed by atoms with Crippen LogP contribution in [0, 0.1) is 0 Å². The van der Waals surface area contributed by atoms with E-state index in [-0.39, 0.29) is 32.8 Å². The van der Waals surface area contributed by atoms with Crippen LogP contribution in [0.1, 0.15) is 23.2 Å². The largest absolute Gasteiger partial charge is 0.452 e. The lowest BCUT2D eigenvalue weighted by molar-refractivity contribution is -0.119. The quantitative estimate of drug-likeness (QED) is 0.470. The van der Waals surface area contributed by atoms with Gasteiger partial charge in [-0.3, -0.25) is 4.79 Å². The molecule has 1 heterocycles. The highest BCUT2D eigenvalue weighted by molar-refractivity contribution is 8.00. The average Bonchev–Trinajstić information content (AvgIpc) is 3.27.